The smallest absolute Gasteiger partial charge is 0.241 e. The van der Waals surface area contributed by atoms with Gasteiger partial charge >= 0.3 is 0 Å². The van der Waals surface area contributed by atoms with Crippen LogP contribution in [-0.4, -0.2) is 16.9 Å². The largest absolute Gasteiger partial charge is 0.449 e. The van der Waals surface area contributed by atoms with Gasteiger partial charge in [-0.05, 0) is 24.5 Å². The predicted octanol–water partition coefficient (Wildman–Crippen LogP) is 2.96. The molecule has 0 unspecified atom stereocenters. The number of nitrogens with two attached hydrogens (primary N) is 1. The van der Waals surface area contributed by atoms with Crippen molar-refractivity contribution >= 4 is 11.6 Å². The Kier molecular flexibility index (Phi) is 4.75. The third-order valence-electron chi connectivity index (χ3n) is 3.13. The molecule has 2 rings (SSSR count). The van der Waals surface area contributed by atoms with Crippen molar-refractivity contribution in [2.24, 2.45) is 11.7 Å². The normalized spacial score (nSPS) is 12.4. The first-order chi connectivity index (χ1) is 9.95. The zero-order chi connectivity index (χ0) is 15.4. The van der Waals surface area contributed by atoms with Gasteiger partial charge in [-0.1, -0.05) is 26.0 Å². The molecule has 1 aromatic carbocycles. The highest BCUT2D eigenvalue weighted by molar-refractivity contribution is 5.94. The molecular weight excluding hydrogens is 266 g/mol. The second kappa shape index (κ2) is 6.54. The summed E-state index contributed by atoms with van der Waals surface area (Å²) in [6.07, 6.45) is 2.28. The van der Waals surface area contributed by atoms with E-state index in [2.05, 4.69) is 10.3 Å². The van der Waals surface area contributed by atoms with Crippen LogP contribution in [0.5, 0.6) is 0 Å². The number of rotatable bonds is 5. The Morgan fingerprint density at radius 1 is 1.33 bits per heavy atom. The number of nitrogens with zero attached hydrogens (tertiary/aromatic N) is 1. The fourth-order valence-corrected chi connectivity index (χ4v) is 2.07. The molecule has 0 aliphatic carbocycles. The fourth-order valence-electron chi connectivity index (χ4n) is 2.07. The van der Waals surface area contributed by atoms with Crippen molar-refractivity contribution < 1.29 is 9.21 Å². The number of nitrogens with one attached hydrogen (secondary N) is 1. The minimum absolute atomic E-state index is 0.159. The minimum Gasteiger partial charge on any atom is -0.449 e. The summed E-state index contributed by atoms with van der Waals surface area (Å²) in [7, 11) is 0. The summed E-state index contributed by atoms with van der Waals surface area (Å²) in [6, 6.07) is 6.96. The first-order valence-corrected chi connectivity index (χ1v) is 7.04. The molecule has 0 bridgehead atoms. The molecular formula is C16H21N3O2. The summed E-state index contributed by atoms with van der Waals surface area (Å²) in [4.78, 5) is 16.2. The van der Waals surface area contributed by atoms with Gasteiger partial charge in [0, 0.05) is 18.2 Å². The van der Waals surface area contributed by atoms with Gasteiger partial charge in [0.2, 0.25) is 5.91 Å². The zero-order valence-corrected chi connectivity index (χ0v) is 12.6. The Morgan fingerprint density at radius 2 is 2.00 bits per heavy atom. The maximum absolute atomic E-state index is 11.9. The standard InChI is InChI=1S/C16H21N3O2/c1-10(2)8-14(17)16(20)19-13-6-4-12(5-7-13)15-9-21-11(3)18-15/h4-7,9-10,14H,8,17H2,1-3H3,(H,19,20)/t14-/m1/s1. The summed E-state index contributed by atoms with van der Waals surface area (Å²) in [5.41, 5.74) is 8.30. The molecule has 0 fully saturated rings. The van der Waals surface area contributed by atoms with E-state index in [4.69, 9.17) is 10.2 Å². The number of hydrogen-bond donors (Lipinski definition) is 2. The molecule has 0 aliphatic rings. The van der Waals surface area contributed by atoms with Crippen LogP contribution in [0.1, 0.15) is 26.2 Å². The maximum atomic E-state index is 11.9. The van der Waals surface area contributed by atoms with Crippen LogP contribution in [0, 0.1) is 12.8 Å². The molecule has 0 aliphatic heterocycles. The second-order valence-corrected chi connectivity index (χ2v) is 5.55. The summed E-state index contributed by atoms with van der Waals surface area (Å²) >= 11 is 0. The van der Waals surface area contributed by atoms with Crippen LogP contribution in [-0.2, 0) is 4.79 Å². The molecule has 5 heteroatoms. The predicted molar refractivity (Wildman–Crippen MR) is 82.7 cm³/mol. The third kappa shape index (κ3) is 4.16. The first-order valence-electron chi connectivity index (χ1n) is 7.04. The van der Waals surface area contributed by atoms with Gasteiger partial charge in [-0.15, -0.1) is 0 Å². The third-order valence-corrected chi connectivity index (χ3v) is 3.13. The molecule has 2 aromatic rings. The second-order valence-electron chi connectivity index (χ2n) is 5.55. The van der Waals surface area contributed by atoms with E-state index in [1.165, 1.54) is 0 Å². The van der Waals surface area contributed by atoms with Crippen LogP contribution < -0.4 is 11.1 Å². The van der Waals surface area contributed by atoms with Gasteiger partial charge in [-0.3, -0.25) is 4.79 Å². The van der Waals surface area contributed by atoms with Gasteiger partial charge in [0.15, 0.2) is 5.89 Å². The van der Waals surface area contributed by atoms with Crippen molar-refractivity contribution in [3.8, 4) is 11.3 Å². The Morgan fingerprint density at radius 3 is 2.52 bits per heavy atom. The Balaban J connectivity index is 2.01. The lowest BCUT2D eigenvalue weighted by Gasteiger charge is -2.14. The molecule has 112 valence electrons. The molecule has 3 N–H and O–H groups in total. The summed E-state index contributed by atoms with van der Waals surface area (Å²) in [6.45, 7) is 5.89. The fraction of sp³-hybridized carbons (Fsp3) is 0.375. The van der Waals surface area contributed by atoms with Crippen LogP contribution in [0.4, 0.5) is 5.69 Å². The van der Waals surface area contributed by atoms with Gasteiger partial charge in [0.25, 0.3) is 0 Å². The number of anilines is 1. The van der Waals surface area contributed by atoms with E-state index in [0.717, 1.165) is 16.9 Å². The molecule has 0 saturated carbocycles. The van der Waals surface area contributed by atoms with Gasteiger partial charge in [-0.2, -0.15) is 0 Å². The average Bonchev–Trinajstić information content (AvgIpc) is 2.85. The number of benzene rings is 1. The van der Waals surface area contributed by atoms with Crippen LogP contribution in [0.25, 0.3) is 11.3 Å². The lowest BCUT2D eigenvalue weighted by atomic mass is 10.0. The highest BCUT2D eigenvalue weighted by Gasteiger charge is 2.15. The van der Waals surface area contributed by atoms with Crippen molar-refractivity contribution in [3.05, 3.63) is 36.4 Å². The molecule has 0 saturated heterocycles. The molecule has 0 spiro atoms. The highest BCUT2D eigenvalue weighted by atomic mass is 16.3. The number of aromatic nitrogens is 1. The van der Waals surface area contributed by atoms with Crippen LogP contribution in [0.15, 0.2) is 34.9 Å². The molecule has 21 heavy (non-hydrogen) atoms. The molecule has 1 heterocycles. The van der Waals surface area contributed by atoms with Crippen molar-refractivity contribution in [3.63, 3.8) is 0 Å². The number of aryl methyl sites for hydroxylation is 1. The van der Waals surface area contributed by atoms with Crippen molar-refractivity contribution in [1.82, 2.24) is 4.98 Å². The van der Waals surface area contributed by atoms with Gasteiger partial charge < -0.3 is 15.5 Å². The Labute approximate surface area is 124 Å². The van der Waals surface area contributed by atoms with E-state index >= 15 is 0 Å². The van der Waals surface area contributed by atoms with Gasteiger partial charge in [0.1, 0.15) is 12.0 Å². The van der Waals surface area contributed by atoms with E-state index in [-0.39, 0.29) is 5.91 Å². The van der Waals surface area contributed by atoms with Crippen LogP contribution >= 0.6 is 0 Å². The van der Waals surface area contributed by atoms with Gasteiger partial charge in [-0.25, -0.2) is 4.98 Å². The number of amides is 1. The minimum atomic E-state index is -0.483. The summed E-state index contributed by atoms with van der Waals surface area (Å²) < 4.78 is 5.18. The van der Waals surface area contributed by atoms with Crippen molar-refractivity contribution in [2.45, 2.75) is 33.2 Å². The van der Waals surface area contributed by atoms with Crippen LogP contribution in [0.2, 0.25) is 0 Å². The maximum Gasteiger partial charge on any atom is 0.241 e. The van der Waals surface area contributed by atoms with E-state index in [0.29, 0.717) is 18.2 Å². The van der Waals surface area contributed by atoms with Gasteiger partial charge in [0.05, 0.1) is 6.04 Å². The lowest BCUT2D eigenvalue weighted by molar-refractivity contribution is -0.117. The summed E-state index contributed by atoms with van der Waals surface area (Å²) in [5.74, 6) is 0.860. The highest BCUT2D eigenvalue weighted by Crippen LogP contribution is 2.20. The quantitative estimate of drug-likeness (QED) is 0.885. The van der Waals surface area contributed by atoms with Crippen molar-refractivity contribution in [1.29, 1.82) is 0 Å². The molecule has 0 radical (unpaired) electrons. The van der Waals surface area contributed by atoms with E-state index in [9.17, 15) is 4.79 Å². The number of hydrogen-bond acceptors (Lipinski definition) is 4. The Hall–Kier alpha value is -2.14. The summed E-state index contributed by atoms with van der Waals surface area (Å²) in [5, 5.41) is 2.82. The van der Waals surface area contributed by atoms with Crippen molar-refractivity contribution in [2.75, 3.05) is 5.32 Å². The van der Waals surface area contributed by atoms with Crippen LogP contribution in [0.3, 0.4) is 0 Å². The van der Waals surface area contributed by atoms with E-state index in [1.54, 1.807) is 13.2 Å². The zero-order valence-electron chi connectivity index (χ0n) is 12.6. The van der Waals surface area contributed by atoms with E-state index < -0.39 is 6.04 Å². The lowest BCUT2D eigenvalue weighted by Crippen LogP contribution is -2.36. The van der Waals surface area contributed by atoms with E-state index in [1.807, 2.05) is 38.1 Å². The first kappa shape index (κ1) is 15.3. The molecule has 1 atom stereocenters. The average molecular weight is 287 g/mol. The number of carbonyl (C=O) groups excluding carboxylic acids is 1. The molecule has 5 nitrogen and oxygen atoms in total. The molecule has 1 amide bonds. The topological polar surface area (TPSA) is 81.2 Å². The number of carbonyl (C=O) groups is 1. The Bertz CT molecular complexity index is 602. The molecule has 1 aromatic heterocycles. The SMILES string of the molecule is Cc1nc(-c2ccc(NC(=O)[C@H](N)CC(C)C)cc2)co1. The number of oxazole rings is 1. The monoisotopic (exact) mass is 287 g/mol.